The number of para-hydroxylation sites is 1. The van der Waals surface area contributed by atoms with E-state index < -0.39 is 0 Å². The molecule has 2 aromatic rings. The molecule has 1 heterocycles. The molecule has 21 heavy (non-hydrogen) atoms. The van der Waals surface area contributed by atoms with Crippen molar-refractivity contribution < 1.29 is 14.2 Å². The molecule has 0 aliphatic heterocycles. The van der Waals surface area contributed by atoms with Gasteiger partial charge in [0.2, 0.25) is 5.95 Å². The van der Waals surface area contributed by atoms with E-state index in [1.807, 2.05) is 22.8 Å². The van der Waals surface area contributed by atoms with Gasteiger partial charge in [-0.15, -0.1) is 0 Å². The van der Waals surface area contributed by atoms with Crippen LogP contribution in [0.25, 0.3) is 11.0 Å². The zero-order valence-electron chi connectivity index (χ0n) is 12.8. The highest BCUT2D eigenvalue weighted by Gasteiger charge is 2.16. The van der Waals surface area contributed by atoms with E-state index in [0.717, 1.165) is 23.2 Å². The van der Waals surface area contributed by atoms with Crippen LogP contribution in [0.4, 0.5) is 5.95 Å². The molecular formula is C15H23N3O3. The predicted molar refractivity (Wildman–Crippen MR) is 82.6 cm³/mol. The third-order valence-corrected chi connectivity index (χ3v) is 3.31. The summed E-state index contributed by atoms with van der Waals surface area (Å²) in [5.74, 6) is 1.22. The van der Waals surface area contributed by atoms with Crippen molar-refractivity contribution in [2.45, 2.75) is 26.0 Å². The van der Waals surface area contributed by atoms with Gasteiger partial charge in [0, 0.05) is 14.2 Å². The van der Waals surface area contributed by atoms with Gasteiger partial charge in [-0.1, -0.05) is 13.0 Å². The standard InChI is InChI=1S/C15H23N3O3/c1-4-8-21-13-7-5-6-12-14(13)17-15(16)18(12)9-11(20-3)10-19-2/h5-7,11H,4,8-10H2,1-3H3,(H2,16,17). The largest absolute Gasteiger partial charge is 0.491 e. The first kappa shape index (κ1) is 15.6. The van der Waals surface area contributed by atoms with Crippen LogP contribution >= 0.6 is 0 Å². The summed E-state index contributed by atoms with van der Waals surface area (Å²) >= 11 is 0. The van der Waals surface area contributed by atoms with Crippen molar-refractivity contribution in [1.82, 2.24) is 9.55 Å². The summed E-state index contributed by atoms with van der Waals surface area (Å²) in [7, 11) is 3.31. The minimum absolute atomic E-state index is 0.0742. The van der Waals surface area contributed by atoms with E-state index in [4.69, 9.17) is 19.9 Å². The first-order chi connectivity index (χ1) is 10.2. The van der Waals surface area contributed by atoms with Crippen LogP contribution in [0.5, 0.6) is 5.75 Å². The Labute approximate surface area is 124 Å². The first-order valence-corrected chi connectivity index (χ1v) is 7.10. The van der Waals surface area contributed by atoms with Crippen LogP contribution in [0.1, 0.15) is 13.3 Å². The summed E-state index contributed by atoms with van der Waals surface area (Å²) in [5, 5.41) is 0. The van der Waals surface area contributed by atoms with Crippen LogP contribution in [0.15, 0.2) is 18.2 Å². The van der Waals surface area contributed by atoms with Crippen LogP contribution in [-0.2, 0) is 16.0 Å². The van der Waals surface area contributed by atoms with Crippen LogP contribution in [0.3, 0.4) is 0 Å². The Bertz CT molecular complexity index is 583. The summed E-state index contributed by atoms with van der Waals surface area (Å²) in [5.41, 5.74) is 7.78. The van der Waals surface area contributed by atoms with E-state index in [2.05, 4.69) is 11.9 Å². The van der Waals surface area contributed by atoms with Gasteiger partial charge in [0.25, 0.3) is 0 Å². The number of hydrogen-bond donors (Lipinski definition) is 1. The molecule has 0 aliphatic carbocycles. The summed E-state index contributed by atoms with van der Waals surface area (Å²) in [6, 6.07) is 5.85. The Morgan fingerprint density at radius 1 is 1.33 bits per heavy atom. The molecule has 1 aromatic heterocycles. The Morgan fingerprint density at radius 3 is 2.81 bits per heavy atom. The fraction of sp³-hybridized carbons (Fsp3) is 0.533. The minimum Gasteiger partial charge on any atom is -0.491 e. The zero-order valence-corrected chi connectivity index (χ0v) is 12.8. The maximum absolute atomic E-state index is 6.05. The van der Waals surface area contributed by atoms with Crippen LogP contribution in [0, 0.1) is 0 Å². The van der Waals surface area contributed by atoms with E-state index in [1.54, 1.807) is 14.2 Å². The summed E-state index contributed by atoms with van der Waals surface area (Å²) < 4.78 is 18.2. The van der Waals surface area contributed by atoms with E-state index in [9.17, 15) is 0 Å². The average molecular weight is 293 g/mol. The molecule has 0 saturated heterocycles. The second-order valence-corrected chi connectivity index (χ2v) is 4.87. The van der Waals surface area contributed by atoms with Crippen molar-refractivity contribution in [2.24, 2.45) is 0 Å². The number of benzene rings is 1. The Hall–Kier alpha value is -1.79. The number of imidazole rings is 1. The molecule has 1 atom stereocenters. The van der Waals surface area contributed by atoms with Gasteiger partial charge in [0.1, 0.15) is 11.3 Å². The van der Waals surface area contributed by atoms with Crippen molar-refractivity contribution >= 4 is 17.0 Å². The highest BCUT2D eigenvalue weighted by atomic mass is 16.5. The third-order valence-electron chi connectivity index (χ3n) is 3.31. The topological polar surface area (TPSA) is 71.5 Å². The number of hydrogen-bond acceptors (Lipinski definition) is 5. The molecule has 0 fully saturated rings. The molecule has 6 nitrogen and oxygen atoms in total. The number of nitrogens with two attached hydrogens (primary N) is 1. The summed E-state index contributed by atoms with van der Waals surface area (Å²) in [6.45, 7) is 3.82. The van der Waals surface area contributed by atoms with Crippen molar-refractivity contribution in [3.63, 3.8) is 0 Å². The summed E-state index contributed by atoms with van der Waals surface area (Å²) in [6.07, 6.45) is 0.876. The Morgan fingerprint density at radius 2 is 2.14 bits per heavy atom. The monoisotopic (exact) mass is 293 g/mol. The quantitative estimate of drug-likeness (QED) is 0.806. The molecule has 0 spiro atoms. The normalized spacial score (nSPS) is 12.7. The lowest BCUT2D eigenvalue weighted by Gasteiger charge is -2.16. The molecule has 1 aromatic carbocycles. The van der Waals surface area contributed by atoms with Crippen LogP contribution in [0.2, 0.25) is 0 Å². The lowest BCUT2D eigenvalue weighted by Crippen LogP contribution is -2.24. The molecule has 1 unspecified atom stereocenters. The number of anilines is 1. The van der Waals surface area contributed by atoms with E-state index >= 15 is 0 Å². The first-order valence-electron chi connectivity index (χ1n) is 7.10. The van der Waals surface area contributed by atoms with Gasteiger partial charge in [-0.25, -0.2) is 4.98 Å². The number of aromatic nitrogens is 2. The molecule has 116 valence electrons. The summed E-state index contributed by atoms with van der Waals surface area (Å²) in [4.78, 5) is 4.43. The smallest absolute Gasteiger partial charge is 0.201 e. The molecule has 2 rings (SSSR count). The molecule has 0 aliphatic rings. The minimum atomic E-state index is -0.0742. The Kier molecular flexibility index (Phi) is 5.41. The van der Waals surface area contributed by atoms with Gasteiger partial charge in [0.05, 0.1) is 31.4 Å². The van der Waals surface area contributed by atoms with Gasteiger partial charge >= 0.3 is 0 Å². The van der Waals surface area contributed by atoms with Gasteiger partial charge in [-0.05, 0) is 18.6 Å². The second-order valence-electron chi connectivity index (χ2n) is 4.87. The fourth-order valence-electron chi connectivity index (χ4n) is 2.24. The van der Waals surface area contributed by atoms with Crippen molar-refractivity contribution in [3.8, 4) is 5.75 Å². The molecular weight excluding hydrogens is 270 g/mol. The van der Waals surface area contributed by atoms with Crippen molar-refractivity contribution in [1.29, 1.82) is 0 Å². The zero-order chi connectivity index (χ0) is 15.2. The number of methoxy groups -OCH3 is 2. The molecule has 0 radical (unpaired) electrons. The highest BCUT2D eigenvalue weighted by Crippen LogP contribution is 2.27. The number of nitrogens with zero attached hydrogens (tertiary/aromatic N) is 2. The lowest BCUT2D eigenvalue weighted by atomic mass is 10.2. The van der Waals surface area contributed by atoms with E-state index in [-0.39, 0.29) is 6.10 Å². The van der Waals surface area contributed by atoms with Gasteiger partial charge < -0.3 is 24.5 Å². The fourth-order valence-corrected chi connectivity index (χ4v) is 2.24. The average Bonchev–Trinajstić information content (AvgIpc) is 2.81. The molecule has 6 heteroatoms. The highest BCUT2D eigenvalue weighted by molar-refractivity contribution is 5.84. The second kappa shape index (κ2) is 7.28. The van der Waals surface area contributed by atoms with Crippen molar-refractivity contribution in [3.05, 3.63) is 18.2 Å². The molecule has 0 bridgehead atoms. The van der Waals surface area contributed by atoms with Crippen LogP contribution in [-0.4, -0.2) is 43.1 Å². The maximum Gasteiger partial charge on any atom is 0.201 e. The third kappa shape index (κ3) is 3.46. The van der Waals surface area contributed by atoms with Crippen LogP contribution < -0.4 is 10.5 Å². The van der Waals surface area contributed by atoms with Gasteiger partial charge in [-0.3, -0.25) is 0 Å². The number of rotatable bonds is 8. The number of nitrogen functional groups attached to an aromatic ring is 1. The predicted octanol–water partition coefficient (Wildman–Crippen LogP) is 2.07. The number of fused-ring (bicyclic) bond motifs is 1. The molecule has 0 amide bonds. The van der Waals surface area contributed by atoms with Gasteiger partial charge in [-0.2, -0.15) is 0 Å². The molecule has 0 saturated carbocycles. The molecule has 2 N–H and O–H groups in total. The SMILES string of the molecule is CCCOc1cccc2c1nc(N)n2CC(COC)OC. The maximum atomic E-state index is 6.05. The van der Waals surface area contributed by atoms with E-state index in [1.165, 1.54) is 0 Å². The van der Waals surface area contributed by atoms with Crippen molar-refractivity contribution in [2.75, 3.05) is 33.2 Å². The number of ether oxygens (including phenoxy) is 3. The van der Waals surface area contributed by atoms with Gasteiger partial charge in [0.15, 0.2) is 0 Å². The Balaban J connectivity index is 2.33. The lowest BCUT2D eigenvalue weighted by molar-refractivity contribution is 0.0193. The van der Waals surface area contributed by atoms with E-state index in [0.29, 0.717) is 25.7 Å².